The Morgan fingerprint density at radius 2 is 1.87 bits per heavy atom. The molecule has 2 aliphatic heterocycles. The molecule has 2 aromatic carbocycles. The van der Waals surface area contributed by atoms with Gasteiger partial charge in [-0.3, -0.25) is 9.69 Å². The molecule has 3 aliphatic rings. The van der Waals surface area contributed by atoms with Gasteiger partial charge in [0.2, 0.25) is 5.91 Å². The lowest BCUT2D eigenvalue weighted by Gasteiger charge is -2.39. The maximum Gasteiger partial charge on any atom is 0.244 e. The summed E-state index contributed by atoms with van der Waals surface area (Å²) in [6.07, 6.45) is 3.19. The summed E-state index contributed by atoms with van der Waals surface area (Å²) in [4.78, 5) is 20.4. The molecule has 0 spiro atoms. The summed E-state index contributed by atoms with van der Waals surface area (Å²) in [5, 5.41) is 1.31. The Balaban J connectivity index is 1.41. The van der Waals surface area contributed by atoms with Crippen molar-refractivity contribution in [2.24, 2.45) is 0 Å². The third-order valence-electron chi connectivity index (χ3n) is 6.66. The van der Waals surface area contributed by atoms with Crippen molar-refractivity contribution in [3.8, 4) is 0 Å². The number of para-hydroxylation sites is 2. The molecule has 5 rings (SSSR count). The maximum atomic E-state index is 13.8. The molecule has 5 nitrogen and oxygen atoms in total. The normalized spacial score (nSPS) is 23.8. The second-order valence-electron chi connectivity index (χ2n) is 8.68. The topological polar surface area (TPSA) is 36.0 Å². The molecule has 164 valence electrons. The van der Waals surface area contributed by atoms with E-state index in [0.29, 0.717) is 42.1 Å². The van der Waals surface area contributed by atoms with Crippen molar-refractivity contribution in [2.75, 3.05) is 36.5 Å². The quantitative estimate of drug-likeness (QED) is 0.654. The molecule has 0 aromatic heterocycles. The lowest BCUT2D eigenvalue weighted by Crippen LogP contribution is -2.51. The van der Waals surface area contributed by atoms with Crippen LogP contribution in [0.4, 0.5) is 11.4 Å². The first-order valence-electron chi connectivity index (χ1n) is 10.9. The number of hydrogen-bond donors (Lipinski definition) is 0. The highest BCUT2D eigenvalue weighted by molar-refractivity contribution is 6.33. The van der Waals surface area contributed by atoms with E-state index < -0.39 is 0 Å². The Labute approximate surface area is 193 Å². The molecule has 1 saturated heterocycles. The predicted molar refractivity (Wildman–Crippen MR) is 125 cm³/mol. The molecule has 1 amide bonds. The summed E-state index contributed by atoms with van der Waals surface area (Å²) in [5.41, 5.74) is 3.13. The second kappa shape index (κ2) is 8.62. The lowest BCUT2D eigenvalue weighted by atomic mass is 10.1. The number of methoxy groups -OCH3 is 1. The zero-order chi connectivity index (χ0) is 21.5. The zero-order valence-electron chi connectivity index (χ0n) is 17.6. The van der Waals surface area contributed by atoms with Crippen LogP contribution in [-0.4, -0.2) is 55.7 Å². The van der Waals surface area contributed by atoms with Crippen LogP contribution in [0.5, 0.6) is 0 Å². The van der Waals surface area contributed by atoms with Gasteiger partial charge in [-0.25, -0.2) is 0 Å². The van der Waals surface area contributed by atoms with Crippen molar-refractivity contribution < 1.29 is 9.53 Å². The minimum absolute atomic E-state index is 0.0231. The van der Waals surface area contributed by atoms with Gasteiger partial charge < -0.3 is 14.5 Å². The fourth-order valence-electron chi connectivity index (χ4n) is 4.91. The van der Waals surface area contributed by atoms with Gasteiger partial charge in [0.15, 0.2) is 0 Å². The summed E-state index contributed by atoms with van der Waals surface area (Å²) in [6.45, 7) is 2.86. The molecular weight excluding hydrogens is 433 g/mol. The first-order valence-corrected chi connectivity index (χ1v) is 11.7. The van der Waals surface area contributed by atoms with Gasteiger partial charge in [0, 0.05) is 49.4 Å². The first kappa shape index (κ1) is 21.1. The van der Waals surface area contributed by atoms with Crippen molar-refractivity contribution in [3.05, 3.63) is 58.1 Å². The van der Waals surface area contributed by atoms with E-state index in [4.69, 9.17) is 27.9 Å². The van der Waals surface area contributed by atoms with Gasteiger partial charge in [0.25, 0.3) is 0 Å². The number of halogens is 2. The Hall–Kier alpha value is -1.79. The van der Waals surface area contributed by atoms with Crippen molar-refractivity contribution in [2.45, 2.75) is 44.0 Å². The zero-order valence-corrected chi connectivity index (χ0v) is 19.1. The number of ether oxygens (including phenoxy) is 1. The van der Waals surface area contributed by atoms with Gasteiger partial charge in [-0.15, -0.1) is 0 Å². The number of rotatable bonds is 5. The molecule has 2 atom stereocenters. The van der Waals surface area contributed by atoms with Crippen LogP contribution in [-0.2, 0) is 16.1 Å². The molecule has 0 N–H and O–H groups in total. The van der Waals surface area contributed by atoms with E-state index in [-0.39, 0.29) is 18.1 Å². The number of amides is 1. The Bertz CT molecular complexity index is 981. The van der Waals surface area contributed by atoms with Crippen molar-refractivity contribution in [1.29, 1.82) is 0 Å². The van der Waals surface area contributed by atoms with Crippen molar-refractivity contribution in [1.82, 2.24) is 4.90 Å². The fraction of sp³-hybridized carbons (Fsp3) is 0.458. The number of hydrogen-bond acceptors (Lipinski definition) is 4. The van der Waals surface area contributed by atoms with Crippen LogP contribution >= 0.6 is 23.2 Å². The standard InChI is InChI=1S/C24H27Cl2N3O2/c1-31-19-13-23(27(15-19)14-16-12-17(25)6-9-20(16)26)24(30)29-11-10-28(18-7-8-18)21-4-2-3-5-22(21)29/h2-6,9,12,18-19,23H,7-8,10-11,13-15H2,1H3/t19-,23+/m1/s1. The smallest absolute Gasteiger partial charge is 0.244 e. The summed E-state index contributed by atoms with van der Waals surface area (Å²) in [7, 11) is 1.71. The Morgan fingerprint density at radius 3 is 2.61 bits per heavy atom. The van der Waals surface area contributed by atoms with Gasteiger partial charge in [-0.1, -0.05) is 35.3 Å². The molecule has 1 aliphatic carbocycles. The van der Waals surface area contributed by atoms with Crippen molar-refractivity contribution in [3.63, 3.8) is 0 Å². The van der Waals surface area contributed by atoms with Gasteiger partial charge in [0.1, 0.15) is 0 Å². The van der Waals surface area contributed by atoms with E-state index in [1.165, 1.54) is 18.5 Å². The molecule has 7 heteroatoms. The number of carbonyl (C=O) groups excluding carboxylic acids is 1. The van der Waals surface area contributed by atoms with Crippen LogP contribution in [0.15, 0.2) is 42.5 Å². The molecule has 0 bridgehead atoms. The van der Waals surface area contributed by atoms with Crippen LogP contribution in [0.2, 0.25) is 10.0 Å². The summed E-state index contributed by atoms with van der Waals surface area (Å²) < 4.78 is 5.65. The number of anilines is 2. The molecule has 0 unspecified atom stereocenters. The maximum absolute atomic E-state index is 13.8. The van der Waals surface area contributed by atoms with E-state index in [0.717, 1.165) is 17.8 Å². The van der Waals surface area contributed by atoms with E-state index in [1.54, 1.807) is 13.2 Å². The lowest BCUT2D eigenvalue weighted by molar-refractivity contribution is -0.123. The number of benzene rings is 2. The molecule has 2 heterocycles. The van der Waals surface area contributed by atoms with Gasteiger partial charge in [-0.2, -0.15) is 0 Å². The number of carbonyl (C=O) groups is 1. The van der Waals surface area contributed by atoms with Crippen LogP contribution in [0, 0.1) is 0 Å². The second-order valence-corrected chi connectivity index (χ2v) is 9.52. The number of nitrogens with zero attached hydrogens (tertiary/aromatic N) is 3. The van der Waals surface area contributed by atoms with Gasteiger partial charge >= 0.3 is 0 Å². The van der Waals surface area contributed by atoms with E-state index in [2.05, 4.69) is 28.0 Å². The fourth-order valence-corrected chi connectivity index (χ4v) is 5.28. The van der Waals surface area contributed by atoms with Crippen LogP contribution in [0.25, 0.3) is 0 Å². The van der Waals surface area contributed by atoms with E-state index in [1.807, 2.05) is 23.1 Å². The average molecular weight is 460 g/mol. The monoisotopic (exact) mass is 459 g/mol. The molecule has 1 saturated carbocycles. The van der Waals surface area contributed by atoms with Gasteiger partial charge in [0.05, 0.1) is 23.5 Å². The van der Waals surface area contributed by atoms with Crippen LogP contribution in [0.1, 0.15) is 24.8 Å². The SMILES string of the molecule is CO[C@@H]1C[C@@H](C(=O)N2CCN(C3CC3)c3ccccc32)N(Cc2cc(Cl)ccc2Cl)C1. The first-order chi connectivity index (χ1) is 15.0. The average Bonchev–Trinajstić information content (AvgIpc) is 3.55. The number of fused-ring (bicyclic) bond motifs is 1. The molecule has 31 heavy (non-hydrogen) atoms. The third-order valence-corrected chi connectivity index (χ3v) is 7.27. The largest absolute Gasteiger partial charge is 0.380 e. The molecular formula is C24H27Cl2N3O2. The summed E-state index contributed by atoms with van der Waals surface area (Å²) in [5.74, 6) is 0.139. The molecule has 2 aromatic rings. The highest BCUT2D eigenvalue weighted by atomic mass is 35.5. The summed E-state index contributed by atoms with van der Waals surface area (Å²) in [6, 6.07) is 14.2. The minimum atomic E-state index is -0.250. The van der Waals surface area contributed by atoms with Crippen molar-refractivity contribution >= 4 is 40.5 Å². The Kier molecular flexibility index (Phi) is 5.86. The number of likely N-dealkylation sites (tertiary alicyclic amines) is 1. The van der Waals surface area contributed by atoms with E-state index in [9.17, 15) is 4.79 Å². The Morgan fingerprint density at radius 1 is 1.10 bits per heavy atom. The highest BCUT2D eigenvalue weighted by Gasteiger charge is 2.42. The molecule has 2 fully saturated rings. The predicted octanol–water partition coefficient (Wildman–Crippen LogP) is 4.60. The molecule has 0 radical (unpaired) electrons. The van der Waals surface area contributed by atoms with Crippen LogP contribution in [0.3, 0.4) is 0 Å². The van der Waals surface area contributed by atoms with Gasteiger partial charge in [-0.05, 0) is 55.2 Å². The van der Waals surface area contributed by atoms with Crippen LogP contribution < -0.4 is 9.80 Å². The van der Waals surface area contributed by atoms with E-state index >= 15 is 0 Å². The highest BCUT2D eigenvalue weighted by Crippen LogP contribution is 2.40. The summed E-state index contributed by atoms with van der Waals surface area (Å²) >= 11 is 12.6. The third kappa shape index (κ3) is 4.17. The minimum Gasteiger partial charge on any atom is -0.380 e.